The Morgan fingerprint density at radius 1 is 1.14 bits per heavy atom. The number of carbonyl (C=O) groups excluding carboxylic acids is 2. The van der Waals surface area contributed by atoms with Crippen LogP contribution in [0.15, 0.2) is 42.5 Å². The lowest BCUT2D eigenvalue weighted by atomic mass is 10.1. The quantitative estimate of drug-likeness (QED) is 0.538. The van der Waals surface area contributed by atoms with Crippen LogP contribution in [0.2, 0.25) is 5.02 Å². The molecule has 2 rings (SSSR count). The van der Waals surface area contributed by atoms with Crippen LogP contribution in [0.25, 0.3) is 0 Å². The Hall–Kier alpha value is -3.33. The molecule has 10 heteroatoms. The average molecular weight is 408 g/mol. The zero-order valence-electron chi connectivity index (χ0n) is 15.1. The molecule has 1 atom stereocenters. The molecule has 0 fully saturated rings. The number of ether oxygens (including phenoxy) is 2. The van der Waals surface area contributed by atoms with Gasteiger partial charge in [-0.1, -0.05) is 11.6 Å². The van der Waals surface area contributed by atoms with Gasteiger partial charge in [0.25, 0.3) is 17.5 Å². The number of hydrogen-bond donors (Lipinski definition) is 2. The summed E-state index contributed by atoms with van der Waals surface area (Å²) in [4.78, 5) is 34.6. The second-order valence-corrected chi connectivity index (χ2v) is 5.96. The second-order valence-electron chi connectivity index (χ2n) is 5.53. The van der Waals surface area contributed by atoms with Crippen molar-refractivity contribution < 1.29 is 24.0 Å². The number of carbonyl (C=O) groups is 2. The van der Waals surface area contributed by atoms with Crippen molar-refractivity contribution in [3.8, 4) is 11.5 Å². The number of hydrazine groups is 1. The van der Waals surface area contributed by atoms with E-state index in [2.05, 4.69) is 10.9 Å². The van der Waals surface area contributed by atoms with Crippen molar-refractivity contribution in [3.63, 3.8) is 0 Å². The van der Waals surface area contributed by atoms with Crippen LogP contribution in [0.5, 0.6) is 11.5 Å². The number of nitro benzene ring substituents is 1. The highest BCUT2D eigenvalue weighted by Crippen LogP contribution is 2.22. The highest BCUT2D eigenvalue weighted by Gasteiger charge is 2.22. The predicted octanol–water partition coefficient (Wildman–Crippen LogP) is 2.88. The van der Waals surface area contributed by atoms with Gasteiger partial charge < -0.3 is 9.47 Å². The van der Waals surface area contributed by atoms with Gasteiger partial charge in [0.1, 0.15) is 17.1 Å². The molecule has 28 heavy (non-hydrogen) atoms. The van der Waals surface area contributed by atoms with Crippen LogP contribution in [0, 0.1) is 10.1 Å². The molecule has 0 aliphatic heterocycles. The number of amides is 2. The fourth-order valence-corrected chi connectivity index (χ4v) is 2.35. The van der Waals surface area contributed by atoms with Crippen molar-refractivity contribution >= 4 is 29.1 Å². The number of benzene rings is 2. The molecule has 2 aromatic carbocycles. The standard InChI is InChI=1S/C18H18ClN3O6/c1-3-27-13-5-7-14(8-6-13)28-11(2)17(23)20-21-18(24)15-10-12(19)4-9-16(15)22(25)26/h4-11H,3H2,1-2H3,(H,20,23)(H,21,24)/t11-/m0/s1. The molecule has 2 aromatic rings. The monoisotopic (exact) mass is 407 g/mol. The van der Waals surface area contributed by atoms with E-state index in [0.29, 0.717) is 18.1 Å². The molecule has 0 saturated heterocycles. The summed E-state index contributed by atoms with van der Waals surface area (Å²) in [5.41, 5.74) is 3.56. The molecule has 0 aliphatic rings. The molecule has 2 N–H and O–H groups in total. The molecule has 9 nitrogen and oxygen atoms in total. The highest BCUT2D eigenvalue weighted by molar-refractivity contribution is 6.31. The molecule has 2 amide bonds. The molecule has 0 saturated carbocycles. The Labute approximate surface area is 165 Å². The molecule has 0 heterocycles. The SMILES string of the molecule is CCOc1ccc(O[C@@H](C)C(=O)NNC(=O)c2cc(Cl)ccc2[N+](=O)[O-])cc1. The Kier molecular flexibility index (Phi) is 7.16. The van der Waals surface area contributed by atoms with Gasteiger partial charge in [0.2, 0.25) is 0 Å². The van der Waals surface area contributed by atoms with Crippen LogP contribution in [0.3, 0.4) is 0 Å². The first kappa shape index (κ1) is 21.0. The Morgan fingerprint density at radius 2 is 1.79 bits per heavy atom. The number of nitrogens with one attached hydrogen (secondary N) is 2. The zero-order valence-corrected chi connectivity index (χ0v) is 15.9. The molecular formula is C18H18ClN3O6. The van der Waals surface area contributed by atoms with Gasteiger partial charge in [0.05, 0.1) is 11.5 Å². The predicted molar refractivity (Wildman–Crippen MR) is 101 cm³/mol. The maximum Gasteiger partial charge on any atom is 0.282 e. The summed E-state index contributed by atoms with van der Waals surface area (Å²) in [6.07, 6.45) is -0.937. The fraction of sp³-hybridized carbons (Fsp3) is 0.222. The normalized spacial score (nSPS) is 11.2. The lowest BCUT2D eigenvalue weighted by molar-refractivity contribution is -0.385. The van der Waals surface area contributed by atoms with Crippen LogP contribution >= 0.6 is 11.6 Å². The van der Waals surface area contributed by atoms with Crippen LogP contribution in [0.1, 0.15) is 24.2 Å². The third-order valence-electron chi connectivity index (χ3n) is 3.52. The molecule has 0 spiro atoms. The van der Waals surface area contributed by atoms with Gasteiger partial charge in [-0.3, -0.25) is 30.6 Å². The van der Waals surface area contributed by atoms with Gasteiger partial charge in [0, 0.05) is 11.1 Å². The van der Waals surface area contributed by atoms with E-state index in [-0.39, 0.29) is 10.6 Å². The van der Waals surface area contributed by atoms with Gasteiger partial charge in [0.15, 0.2) is 6.10 Å². The van der Waals surface area contributed by atoms with Crippen LogP contribution in [0.4, 0.5) is 5.69 Å². The molecule has 148 valence electrons. The average Bonchev–Trinajstić information content (AvgIpc) is 2.67. The first-order valence-electron chi connectivity index (χ1n) is 8.25. The van der Waals surface area contributed by atoms with Crippen molar-refractivity contribution in [1.82, 2.24) is 10.9 Å². The van der Waals surface area contributed by atoms with E-state index in [4.69, 9.17) is 21.1 Å². The first-order chi connectivity index (χ1) is 13.3. The molecule has 0 radical (unpaired) electrons. The lowest BCUT2D eigenvalue weighted by Crippen LogP contribution is -2.47. The van der Waals surface area contributed by atoms with Crippen molar-refractivity contribution in [2.24, 2.45) is 0 Å². The second kappa shape index (κ2) is 9.56. The summed E-state index contributed by atoms with van der Waals surface area (Å²) in [5, 5.41) is 11.2. The molecule has 0 aromatic heterocycles. The third-order valence-corrected chi connectivity index (χ3v) is 3.75. The van der Waals surface area contributed by atoms with Crippen molar-refractivity contribution in [3.05, 3.63) is 63.2 Å². The van der Waals surface area contributed by atoms with Crippen molar-refractivity contribution in [1.29, 1.82) is 0 Å². The van der Waals surface area contributed by atoms with E-state index in [1.54, 1.807) is 24.3 Å². The lowest BCUT2D eigenvalue weighted by Gasteiger charge is -2.15. The van der Waals surface area contributed by atoms with Crippen LogP contribution < -0.4 is 20.3 Å². The van der Waals surface area contributed by atoms with E-state index < -0.39 is 28.5 Å². The maximum atomic E-state index is 12.2. The third kappa shape index (κ3) is 5.58. The number of nitro groups is 1. The molecular weight excluding hydrogens is 390 g/mol. The Bertz CT molecular complexity index is 872. The number of halogens is 1. The smallest absolute Gasteiger partial charge is 0.282 e. The molecule has 0 unspecified atom stereocenters. The van der Waals surface area contributed by atoms with Gasteiger partial charge in [-0.15, -0.1) is 0 Å². The summed E-state index contributed by atoms with van der Waals surface area (Å²) in [6.45, 7) is 3.88. The van der Waals surface area contributed by atoms with Crippen molar-refractivity contribution in [2.75, 3.05) is 6.61 Å². The first-order valence-corrected chi connectivity index (χ1v) is 8.63. The van der Waals surface area contributed by atoms with E-state index >= 15 is 0 Å². The summed E-state index contributed by atoms with van der Waals surface area (Å²) in [5.74, 6) is -0.423. The summed E-state index contributed by atoms with van der Waals surface area (Å²) >= 11 is 5.78. The Morgan fingerprint density at radius 3 is 2.39 bits per heavy atom. The minimum atomic E-state index is -0.937. The van der Waals surface area contributed by atoms with E-state index in [1.165, 1.54) is 13.0 Å². The molecule has 0 bridgehead atoms. The van der Waals surface area contributed by atoms with Gasteiger partial charge in [-0.05, 0) is 50.2 Å². The van der Waals surface area contributed by atoms with E-state index in [0.717, 1.165) is 12.1 Å². The molecule has 0 aliphatic carbocycles. The fourth-order valence-electron chi connectivity index (χ4n) is 2.18. The summed E-state index contributed by atoms with van der Waals surface area (Å²) in [7, 11) is 0. The van der Waals surface area contributed by atoms with Crippen LogP contribution in [-0.2, 0) is 4.79 Å². The Balaban J connectivity index is 1.95. The van der Waals surface area contributed by atoms with Gasteiger partial charge in [-0.25, -0.2) is 0 Å². The van der Waals surface area contributed by atoms with E-state index in [9.17, 15) is 19.7 Å². The number of rotatable bonds is 7. The van der Waals surface area contributed by atoms with Crippen LogP contribution in [-0.4, -0.2) is 29.4 Å². The summed E-state index contributed by atoms with van der Waals surface area (Å²) < 4.78 is 10.8. The maximum absolute atomic E-state index is 12.2. The van der Waals surface area contributed by atoms with Gasteiger partial charge in [-0.2, -0.15) is 0 Å². The minimum absolute atomic E-state index is 0.147. The topological polar surface area (TPSA) is 120 Å². The highest BCUT2D eigenvalue weighted by atomic mass is 35.5. The zero-order chi connectivity index (χ0) is 20.7. The van der Waals surface area contributed by atoms with Gasteiger partial charge >= 0.3 is 0 Å². The number of hydrogen-bond acceptors (Lipinski definition) is 6. The number of nitrogens with zero attached hydrogens (tertiary/aromatic N) is 1. The summed E-state index contributed by atoms with van der Waals surface area (Å²) in [6, 6.07) is 10.2. The van der Waals surface area contributed by atoms with Crippen molar-refractivity contribution in [2.45, 2.75) is 20.0 Å². The van der Waals surface area contributed by atoms with E-state index in [1.807, 2.05) is 6.92 Å². The minimum Gasteiger partial charge on any atom is -0.494 e. The largest absolute Gasteiger partial charge is 0.494 e.